The summed E-state index contributed by atoms with van der Waals surface area (Å²) in [5.74, 6) is -1.31. The Balaban J connectivity index is 2.05. The van der Waals surface area contributed by atoms with Gasteiger partial charge in [0.2, 0.25) is 0 Å². The standard InChI is InChI=1S/C13H10F2N2OS/c14-8-4-5-12(11(15)6-8)17-13(19)16-9-2-1-3-10(18)7-9/h1-7,18H,(H2,16,17,19). The van der Waals surface area contributed by atoms with Crippen molar-refractivity contribution >= 4 is 28.7 Å². The van der Waals surface area contributed by atoms with E-state index in [9.17, 15) is 13.9 Å². The van der Waals surface area contributed by atoms with Gasteiger partial charge in [0.05, 0.1) is 5.69 Å². The van der Waals surface area contributed by atoms with Crippen LogP contribution in [0, 0.1) is 11.6 Å². The molecule has 2 aromatic rings. The normalized spacial score (nSPS) is 10.0. The number of thiocarbonyl (C=S) groups is 1. The highest BCUT2D eigenvalue weighted by Gasteiger charge is 2.05. The summed E-state index contributed by atoms with van der Waals surface area (Å²) in [4.78, 5) is 0. The molecule has 0 aromatic heterocycles. The van der Waals surface area contributed by atoms with Crippen LogP contribution in [0.15, 0.2) is 42.5 Å². The quantitative estimate of drug-likeness (QED) is 0.737. The highest BCUT2D eigenvalue weighted by Crippen LogP contribution is 2.17. The van der Waals surface area contributed by atoms with E-state index in [0.717, 1.165) is 12.1 Å². The van der Waals surface area contributed by atoms with E-state index in [1.54, 1.807) is 12.1 Å². The van der Waals surface area contributed by atoms with Crippen molar-refractivity contribution in [3.05, 3.63) is 54.1 Å². The van der Waals surface area contributed by atoms with Crippen LogP contribution in [0.5, 0.6) is 5.75 Å². The lowest BCUT2D eigenvalue weighted by atomic mass is 10.3. The molecule has 0 unspecified atom stereocenters. The van der Waals surface area contributed by atoms with Gasteiger partial charge < -0.3 is 15.7 Å². The van der Waals surface area contributed by atoms with Gasteiger partial charge in [-0.15, -0.1) is 0 Å². The molecule has 0 bridgehead atoms. The molecule has 0 aliphatic heterocycles. The number of anilines is 2. The molecule has 19 heavy (non-hydrogen) atoms. The molecule has 0 amide bonds. The van der Waals surface area contributed by atoms with E-state index >= 15 is 0 Å². The van der Waals surface area contributed by atoms with Gasteiger partial charge in [-0.2, -0.15) is 0 Å². The summed E-state index contributed by atoms with van der Waals surface area (Å²) in [7, 11) is 0. The number of hydrogen-bond acceptors (Lipinski definition) is 2. The summed E-state index contributed by atoms with van der Waals surface area (Å²) in [6, 6.07) is 9.45. The zero-order valence-electron chi connectivity index (χ0n) is 9.65. The second-order valence-corrected chi connectivity index (χ2v) is 4.16. The van der Waals surface area contributed by atoms with Crippen LogP contribution in [-0.4, -0.2) is 10.2 Å². The molecule has 3 N–H and O–H groups in total. The topological polar surface area (TPSA) is 44.3 Å². The summed E-state index contributed by atoms with van der Waals surface area (Å²) in [6.45, 7) is 0. The fourth-order valence-electron chi connectivity index (χ4n) is 1.46. The van der Waals surface area contributed by atoms with Crippen molar-refractivity contribution in [3.63, 3.8) is 0 Å². The average molecular weight is 280 g/mol. The van der Waals surface area contributed by atoms with Crippen LogP contribution in [0.2, 0.25) is 0 Å². The molecule has 0 atom stereocenters. The Bertz CT molecular complexity index is 619. The van der Waals surface area contributed by atoms with Gasteiger partial charge in [-0.1, -0.05) is 6.07 Å². The van der Waals surface area contributed by atoms with Crippen molar-refractivity contribution < 1.29 is 13.9 Å². The van der Waals surface area contributed by atoms with Crippen LogP contribution < -0.4 is 10.6 Å². The maximum absolute atomic E-state index is 13.4. The highest BCUT2D eigenvalue weighted by atomic mass is 32.1. The molecule has 0 saturated heterocycles. The van der Waals surface area contributed by atoms with Crippen LogP contribution in [-0.2, 0) is 0 Å². The smallest absolute Gasteiger partial charge is 0.175 e. The van der Waals surface area contributed by atoms with Gasteiger partial charge in [-0.3, -0.25) is 0 Å². The van der Waals surface area contributed by atoms with Crippen molar-refractivity contribution in [2.45, 2.75) is 0 Å². The van der Waals surface area contributed by atoms with Crippen molar-refractivity contribution in [3.8, 4) is 5.75 Å². The summed E-state index contributed by atoms with van der Waals surface area (Å²) in [6.07, 6.45) is 0. The molecule has 0 aliphatic carbocycles. The molecule has 0 saturated carbocycles. The van der Waals surface area contributed by atoms with Crippen LogP contribution in [0.3, 0.4) is 0 Å². The van der Waals surface area contributed by atoms with E-state index in [-0.39, 0.29) is 16.5 Å². The Morgan fingerprint density at radius 1 is 1.05 bits per heavy atom. The minimum absolute atomic E-state index is 0.0686. The van der Waals surface area contributed by atoms with Crippen molar-refractivity contribution in [1.82, 2.24) is 0 Å². The number of aromatic hydroxyl groups is 1. The van der Waals surface area contributed by atoms with E-state index in [2.05, 4.69) is 10.6 Å². The zero-order chi connectivity index (χ0) is 13.8. The van der Waals surface area contributed by atoms with Crippen molar-refractivity contribution in [2.24, 2.45) is 0 Å². The fraction of sp³-hybridized carbons (Fsp3) is 0. The third kappa shape index (κ3) is 3.62. The molecule has 2 aromatic carbocycles. The predicted octanol–water partition coefficient (Wildman–Crippen LogP) is 3.48. The van der Waals surface area contributed by atoms with Crippen molar-refractivity contribution in [1.29, 1.82) is 0 Å². The van der Waals surface area contributed by atoms with Crippen LogP contribution >= 0.6 is 12.2 Å². The maximum atomic E-state index is 13.4. The lowest BCUT2D eigenvalue weighted by Gasteiger charge is -2.11. The molecular weight excluding hydrogens is 270 g/mol. The zero-order valence-corrected chi connectivity index (χ0v) is 10.5. The molecule has 3 nitrogen and oxygen atoms in total. The maximum Gasteiger partial charge on any atom is 0.175 e. The Hall–Kier alpha value is -2.21. The van der Waals surface area contributed by atoms with E-state index in [1.165, 1.54) is 18.2 Å². The third-order valence-corrected chi connectivity index (χ3v) is 2.49. The minimum atomic E-state index is -0.736. The molecule has 2 rings (SSSR count). The number of phenolic OH excluding ortho intramolecular Hbond substituents is 1. The Morgan fingerprint density at radius 3 is 2.53 bits per heavy atom. The average Bonchev–Trinajstić information content (AvgIpc) is 2.33. The molecular formula is C13H10F2N2OS. The molecule has 0 fully saturated rings. The SMILES string of the molecule is Oc1cccc(NC(=S)Nc2ccc(F)cc2F)c1. The molecule has 0 spiro atoms. The van der Waals surface area contributed by atoms with Crippen LogP contribution in [0.4, 0.5) is 20.2 Å². The predicted molar refractivity (Wildman–Crippen MR) is 74.3 cm³/mol. The fourth-order valence-corrected chi connectivity index (χ4v) is 1.69. The summed E-state index contributed by atoms with van der Waals surface area (Å²) >= 11 is 4.99. The van der Waals surface area contributed by atoms with Gasteiger partial charge >= 0.3 is 0 Å². The Morgan fingerprint density at radius 2 is 1.84 bits per heavy atom. The molecule has 98 valence electrons. The lowest BCUT2D eigenvalue weighted by Crippen LogP contribution is -2.19. The van der Waals surface area contributed by atoms with E-state index < -0.39 is 11.6 Å². The highest BCUT2D eigenvalue weighted by molar-refractivity contribution is 7.80. The minimum Gasteiger partial charge on any atom is -0.508 e. The summed E-state index contributed by atoms with van der Waals surface area (Å²) in [5, 5.41) is 14.8. The Labute approximate surface area is 113 Å². The first-order valence-corrected chi connectivity index (χ1v) is 5.77. The van der Waals surface area contributed by atoms with Gasteiger partial charge in [0.1, 0.15) is 17.4 Å². The molecule has 0 heterocycles. The van der Waals surface area contributed by atoms with Gasteiger partial charge in [0.15, 0.2) is 5.11 Å². The number of halogens is 2. The summed E-state index contributed by atoms with van der Waals surface area (Å²) < 4.78 is 26.1. The first kappa shape index (κ1) is 13.2. The Kier molecular flexibility index (Phi) is 3.91. The monoisotopic (exact) mass is 280 g/mol. The largest absolute Gasteiger partial charge is 0.508 e. The lowest BCUT2D eigenvalue weighted by molar-refractivity contribution is 0.475. The number of benzene rings is 2. The van der Waals surface area contributed by atoms with Crippen molar-refractivity contribution in [2.75, 3.05) is 10.6 Å². The van der Waals surface area contributed by atoms with Gasteiger partial charge in [0, 0.05) is 17.8 Å². The van der Waals surface area contributed by atoms with Gasteiger partial charge in [0.25, 0.3) is 0 Å². The second kappa shape index (κ2) is 5.62. The van der Waals surface area contributed by atoms with Crippen LogP contribution in [0.1, 0.15) is 0 Å². The van der Waals surface area contributed by atoms with E-state index in [0.29, 0.717) is 5.69 Å². The van der Waals surface area contributed by atoms with Crippen LogP contribution in [0.25, 0.3) is 0 Å². The number of phenols is 1. The van der Waals surface area contributed by atoms with E-state index in [4.69, 9.17) is 12.2 Å². The number of rotatable bonds is 2. The molecule has 0 aliphatic rings. The first-order valence-electron chi connectivity index (χ1n) is 5.37. The number of nitrogens with one attached hydrogen (secondary N) is 2. The first-order chi connectivity index (χ1) is 9.04. The summed E-state index contributed by atoms with van der Waals surface area (Å²) in [5.41, 5.74) is 0.624. The van der Waals surface area contributed by atoms with Gasteiger partial charge in [-0.05, 0) is 36.5 Å². The van der Waals surface area contributed by atoms with Gasteiger partial charge in [-0.25, -0.2) is 8.78 Å². The molecule has 6 heteroatoms. The van der Waals surface area contributed by atoms with E-state index in [1.807, 2.05) is 0 Å². The third-order valence-electron chi connectivity index (χ3n) is 2.28. The second-order valence-electron chi connectivity index (χ2n) is 3.75. The molecule has 0 radical (unpaired) electrons. The number of hydrogen-bond donors (Lipinski definition) is 3.